The third-order valence-electron chi connectivity index (χ3n) is 4.41. The van der Waals surface area contributed by atoms with Crippen molar-refractivity contribution >= 4 is 33.2 Å². The number of hydrazine groups is 2. The Labute approximate surface area is 194 Å². The largest absolute Gasteiger partial charge is 0.493 e. The molecule has 0 bridgehead atoms. The van der Waals surface area contributed by atoms with E-state index in [1.807, 2.05) is 32.0 Å². The van der Waals surface area contributed by atoms with E-state index in [0.29, 0.717) is 30.8 Å². The first-order valence-corrected chi connectivity index (χ1v) is 12.1. The van der Waals surface area contributed by atoms with Gasteiger partial charge in [-0.05, 0) is 62.6 Å². The number of nitrogens with zero attached hydrogens (tertiary/aromatic N) is 1. The molecule has 2 rings (SSSR count). The second-order valence-corrected chi connectivity index (χ2v) is 9.58. The van der Waals surface area contributed by atoms with Crippen molar-refractivity contribution in [3.8, 4) is 5.75 Å². The molecular weight excluding hydrogens is 446 g/mol. The fraction of sp³-hybridized carbons (Fsp3) is 0.364. The van der Waals surface area contributed by atoms with Crippen LogP contribution < -0.4 is 25.7 Å². The zero-order valence-electron chi connectivity index (χ0n) is 19.3. The fourth-order valence-electron chi connectivity index (χ4n) is 2.83. The molecule has 2 aromatic rings. The fourth-order valence-corrected chi connectivity index (χ4v) is 4.01. The van der Waals surface area contributed by atoms with Gasteiger partial charge in [-0.3, -0.25) is 30.6 Å². The Morgan fingerprint density at radius 3 is 2.24 bits per heavy atom. The van der Waals surface area contributed by atoms with Crippen molar-refractivity contribution in [2.24, 2.45) is 0 Å². The molecule has 0 unspecified atom stereocenters. The second-order valence-electron chi connectivity index (χ2n) is 7.74. The van der Waals surface area contributed by atoms with E-state index in [1.165, 1.54) is 5.01 Å². The van der Waals surface area contributed by atoms with Gasteiger partial charge in [0.15, 0.2) is 0 Å². The average molecular weight is 478 g/mol. The summed E-state index contributed by atoms with van der Waals surface area (Å²) in [4.78, 5) is 23.2. The minimum atomic E-state index is -3.51. The number of nitrogens with one attached hydrogen (secondary N) is 4. The average Bonchev–Trinajstić information content (AvgIpc) is 2.73. The number of benzene rings is 2. The van der Waals surface area contributed by atoms with E-state index in [2.05, 4.69) is 21.0 Å². The van der Waals surface area contributed by atoms with E-state index in [9.17, 15) is 18.0 Å². The number of carbonyl (C=O) groups excluding carboxylic acids is 2. The van der Waals surface area contributed by atoms with E-state index in [1.54, 1.807) is 38.4 Å². The molecule has 180 valence electrons. The smallest absolute Gasteiger partial charge is 0.328 e. The lowest BCUT2D eigenvalue weighted by Gasteiger charge is -2.13. The van der Waals surface area contributed by atoms with Gasteiger partial charge in [-0.2, -0.15) is 0 Å². The van der Waals surface area contributed by atoms with Crippen molar-refractivity contribution in [2.45, 2.75) is 26.7 Å². The standard InChI is InChI=1S/C22H31N5O5S/c1-16-7-12-20(17(2)15-16)32-13-5-6-14-33(30,31)26-19-10-8-18(9-11-19)23-24-21(28)22(29)25-27(3)4/h7-12,15,23,26H,5-6,13-14H2,1-4H3,(H,24,28)(H,25,29). The number of unbranched alkanes of at least 4 members (excludes halogenated alkanes) is 1. The number of rotatable bonds is 11. The molecule has 0 saturated carbocycles. The van der Waals surface area contributed by atoms with Crippen LogP contribution in [-0.2, 0) is 19.6 Å². The highest BCUT2D eigenvalue weighted by Crippen LogP contribution is 2.19. The summed E-state index contributed by atoms with van der Waals surface area (Å²) in [6.07, 6.45) is 1.07. The highest BCUT2D eigenvalue weighted by atomic mass is 32.2. The summed E-state index contributed by atoms with van der Waals surface area (Å²) in [6.45, 7) is 4.44. The van der Waals surface area contributed by atoms with Crippen molar-refractivity contribution in [1.29, 1.82) is 0 Å². The van der Waals surface area contributed by atoms with E-state index < -0.39 is 21.8 Å². The molecule has 0 heterocycles. The van der Waals surface area contributed by atoms with Gasteiger partial charge in [0.2, 0.25) is 10.0 Å². The van der Waals surface area contributed by atoms with Gasteiger partial charge in [-0.1, -0.05) is 17.7 Å². The molecule has 2 aromatic carbocycles. The van der Waals surface area contributed by atoms with Crippen molar-refractivity contribution in [3.05, 3.63) is 53.6 Å². The van der Waals surface area contributed by atoms with Crippen LogP contribution in [0.4, 0.5) is 11.4 Å². The summed E-state index contributed by atoms with van der Waals surface area (Å²) in [5.41, 5.74) is 10.2. The molecule has 0 radical (unpaired) electrons. The van der Waals surface area contributed by atoms with Gasteiger partial charge in [0, 0.05) is 19.8 Å². The van der Waals surface area contributed by atoms with Gasteiger partial charge in [-0.25, -0.2) is 13.4 Å². The summed E-state index contributed by atoms with van der Waals surface area (Å²) >= 11 is 0. The topological polar surface area (TPSA) is 129 Å². The molecular formula is C22H31N5O5S. The molecule has 0 aliphatic carbocycles. The molecule has 0 atom stereocenters. The van der Waals surface area contributed by atoms with Crippen LogP contribution >= 0.6 is 0 Å². The Bertz CT molecular complexity index is 1060. The Morgan fingerprint density at radius 1 is 0.939 bits per heavy atom. The molecule has 33 heavy (non-hydrogen) atoms. The van der Waals surface area contributed by atoms with Gasteiger partial charge in [0.05, 0.1) is 18.0 Å². The minimum Gasteiger partial charge on any atom is -0.493 e. The van der Waals surface area contributed by atoms with Crippen LogP contribution in [0, 0.1) is 13.8 Å². The summed E-state index contributed by atoms with van der Waals surface area (Å²) in [5.74, 6) is -0.906. The van der Waals surface area contributed by atoms with Crippen molar-refractivity contribution < 1.29 is 22.7 Å². The first-order chi connectivity index (χ1) is 15.6. The first-order valence-electron chi connectivity index (χ1n) is 10.4. The van der Waals surface area contributed by atoms with E-state index in [4.69, 9.17) is 4.74 Å². The lowest BCUT2D eigenvalue weighted by Crippen LogP contribution is -2.47. The second kappa shape index (κ2) is 12.1. The molecule has 0 fully saturated rings. The van der Waals surface area contributed by atoms with Crippen LogP contribution in [0.3, 0.4) is 0 Å². The highest BCUT2D eigenvalue weighted by Gasteiger charge is 2.14. The lowest BCUT2D eigenvalue weighted by atomic mass is 10.1. The summed E-state index contributed by atoms with van der Waals surface area (Å²) in [7, 11) is -0.345. The van der Waals surface area contributed by atoms with Gasteiger partial charge in [-0.15, -0.1) is 0 Å². The third-order valence-corrected chi connectivity index (χ3v) is 5.78. The molecule has 10 nitrogen and oxygen atoms in total. The van der Waals surface area contributed by atoms with Gasteiger partial charge < -0.3 is 4.74 Å². The Kier molecular flexibility index (Phi) is 9.49. The zero-order chi connectivity index (χ0) is 24.4. The number of aryl methyl sites for hydroxylation is 2. The van der Waals surface area contributed by atoms with Crippen molar-refractivity contribution in [1.82, 2.24) is 15.9 Å². The molecule has 11 heteroatoms. The maximum atomic E-state index is 12.3. The van der Waals surface area contributed by atoms with E-state index in [-0.39, 0.29) is 5.75 Å². The number of ether oxygens (including phenoxy) is 1. The summed E-state index contributed by atoms with van der Waals surface area (Å²) in [5, 5.41) is 1.35. The van der Waals surface area contributed by atoms with Crippen LogP contribution in [0.5, 0.6) is 5.75 Å². The van der Waals surface area contributed by atoms with Crippen LogP contribution in [0.15, 0.2) is 42.5 Å². The third kappa shape index (κ3) is 9.38. The molecule has 4 N–H and O–H groups in total. The van der Waals surface area contributed by atoms with Crippen LogP contribution in [0.25, 0.3) is 0 Å². The van der Waals surface area contributed by atoms with Crippen molar-refractivity contribution in [3.63, 3.8) is 0 Å². The summed E-state index contributed by atoms with van der Waals surface area (Å²) < 4.78 is 32.9. The first kappa shape index (κ1) is 25.9. The van der Waals surface area contributed by atoms with E-state index in [0.717, 1.165) is 16.9 Å². The zero-order valence-corrected chi connectivity index (χ0v) is 20.1. The molecule has 0 spiro atoms. The number of sulfonamides is 1. The Balaban J connectivity index is 1.73. The molecule has 0 aliphatic heterocycles. The quantitative estimate of drug-likeness (QED) is 0.221. The van der Waals surface area contributed by atoms with Gasteiger partial charge >= 0.3 is 11.8 Å². The van der Waals surface area contributed by atoms with Gasteiger partial charge in [0.1, 0.15) is 5.75 Å². The Morgan fingerprint density at radius 2 is 1.61 bits per heavy atom. The van der Waals surface area contributed by atoms with E-state index >= 15 is 0 Å². The normalized spacial score (nSPS) is 11.1. The lowest BCUT2D eigenvalue weighted by molar-refractivity contribution is -0.141. The maximum Gasteiger partial charge on any atom is 0.328 e. The number of carbonyl (C=O) groups is 2. The highest BCUT2D eigenvalue weighted by molar-refractivity contribution is 7.92. The number of hydrogen-bond donors (Lipinski definition) is 4. The van der Waals surface area contributed by atoms with Gasteiger partial charge in [0.25, 0.3) is 0 Å². The predicted molar refractivity (Wildman–Crippen MR) is 128 cm³/mol. The minimum absolute atomic E-state index is 0.0275. The number of hydrogen-bond acceptors (Lipinski definition) is 7. The molecule has 0 saturated heterocycles. The monoisotopic (exact) mass is 477 g/mol. The van der Waals surface area contributed by atoms with Crippen LogP contribution in [0.1, 0.15) is 24.0 Å². The molecule has 0 aliphatic rings. The van der Waals surface area contributed by atoms with Crippen molar-refractivity contribution in [2.75, 3.05) is 36.6 Å². The number of anilines is 2. The molecule has 2 amide bonds. The summed E-state index contributed by atoms with van der Waals surface area (Å²) in [6, 6.07) is 12.2. The maximum absolute atomic E-state index is 12.3. The molecule has 0 aromatic heterocycles. The van der Waals surface area contributed by atoms with Crippen LogP contribution in [0.2, 0.25) is 0 Å². The number of amides is 2. The SMILES string of the molecule is Cc1ccc(OCCCCS(=O)(=O)Nc2ccc(NNC(=O)C(=O)NN(C)C)cc2)c(C)c1. The predicted octanol–water partition coefficient (Wildman–Crippen LogP) is 1.94. The van der Waals surface area contributed by atoms with Crippen LogP contribution in [-0.4, -0.2) is 51.7 Å². The Hall–Kier alpha value is -3.31.